The zero-order valence-corrected chi connectivity index (χ0v) is 10.9. The fourth-order valence-electron chi connectivity index (χ4n) is 3.64. The van der Waals surface area contributed by atoms with Crippen molar-refractivity contribution in [3.63, 3.8) is 0 Å². The van der Waals surface area contributed by atoms with Gasteiger partial charge in [0.05, 0.1) is 12.2 Å². The Morgan fingerprint density at radius 1 is 0.941 bits per heavy atom. The summed E-state index contributed by atoms with van der Waals surface area (Å²) >= 11 is 0. The minimum atomic E-state index is -0.669. The van der Waals surface area contributed by atoms with Crippen molar-refractivity contribution in [2.75, 3.05) is 19.8 Å². The molecule has 1 heterocycles. The standard InChI is InChI=1S/C14H27NO2/c15-11-13(7-4-2-1-3-5-8-13)14(16)9-6-10-17-12-14/h16H,1-12,15H2. The van der Waals surface area contributed by atoms with Crippen LogP contribution in [0.3, 0.4) is 0 Å². The minimum Gasteiger partial charge on any atom is -0.387 e. The van der Waals surface area contributed by atoms with E-state index in [1.807, 2.05) is 0 Å². The number of rotatable bonds is 2. The molecule has 0 aromatic carbocycles. The van der Waals surface area contributed by atoms with Crippen molar-refractivity contribution in [1.82, 2.24) is 0 Å². The predicted octanol–water partition coefficient (Wildman–Crippen LogP) is 2.22. The van der Waals surface area contributed by atoms with Gasteiger partial charge in [-0.05, 0) is 25.7 Å². The zero-order valence-electron chi connectivity index (χ0n) is 10.9. The highest BCUT2D eigenvalue weighted by Crippen LogP contribution is 2.46. The summed E-state index contributed by atoms with van der Waals surface area (Å²) in [6.07, 6.45) is 10.3. The van der Waals surface area contributed by atoms with Crippen molar-refractivity contribution in [3.8, 4) is 0 Å². The third-order valence-electron chi connectivity index (χ3n) is 4.91. The van der Waals surface area contributed by atoms with Crippen molar-refractivity contribution in [3.05, 3.63) is 0 Å². The first kappa shape index (κ1) is 13.3. The van der Waals surface area contributed by atoms with E-state index in [-0.39, 0.29) is 5.41 Å². The summed E-state index contributed by atoms with van der Waals surface area (Å²) in [4.78, 5) is 0. The predicted molar refractivity (Wildman–Crippen MR) is 68.8 cm³/mol. The molecule has 3 heteroatoms. The van der Waals surface area contributed by atoms with E-state index in [2.05, 4.69) is 0 Å². The number of aliphatic hydroxyl groups is 1. The molecule has 3 N–H and O–H groups in total. The van der Waals surface area contributed by atoms with E-state index in [1.165, 1.54) is 32.1 Å². The molecule has 0 aromatic heterocycles. The fourth-order valence-corrected chi connectivity index (χ4v) is 3.64. The Bertz CT molecular complexity index is 228. The minimum absolute atomic E-state index is 0.0894. The summed E-state index contributed by atoms with van der Waals surface area (Å²) in [5.41, 5.74) is 5.30. The van der Waals surface area contributed by atoms with Crippen LogP contribution >= 0.6 is 0 Å². The number of ether oxygens (including phenoxy) is 1. The summed E-state index contributed by atoms with van der Waals surface area (Å²) in [7, 11) is 0. The van der Waals surface area contributed by atoms with E-state index in [1.54, 1.807) is 0 Å². The summed E-state index contributed by atoms with van der Waals surface area (Å²) < 4.78 is 5.53. The van der Waals surface area contributed by atoms with Crippen LogP contribution in [0.2, 0.25) is 0 Å². The van der Waals surface area contributed by atoms with Gasteiger partial charge in [0.15, 0.2) is 0 Å². The van der Waals surface area contributed by atoms with Crippen molar-refractivity contribution in [2.45, 2.75) is 63.4 Å². The largest absolute Gasteiger partial charge is 0.387 e. The molecular weight excluding hydrogens is 214 g/mol. The molecule has 0 aromatic rings. The van der Waals surface area contributed by atoms with Gasteiger partial charge in [-0.3, -0.25) is 0 Å². The average Bonchev–Trinajstić information content (AvgIpc) is 2.30. The van der Waals surface area contributed by atoms with Gasteiger partial charge in [0, 0.05) is 18.6 Å². The van der Waals surface area contributed by atoms with Gasteiger partial charge in [-0.2, -0.15) is 0 Å². The second-order valence-electron chi connectivity index (χ2n) is 5.94. The normalized spacial score (nSPS) is 34.9. The molecule has 0 amide bonds. The molecule has 1 unspecified atom stereocenters. The molecule has 0 bridgehead atoms. The Hall–Kier alpha value is -0.120. The number of hydrogen-bond donors (Lipinski definition) is 2. The van der Waals surface area contributed by atoms with E-state index in [0.29, 0.717) is 13.2 Å². The molecule has 1 saturated carbocycles. The van der Waals surface area contributed by atoms with E-state index in [0.717, 1.165) is 32.3 Å². The number of nitrogens with two attached hydrogens (primary N) is 1. The van der Waals surface area contributed by atoms with Gasteiger partial charge in [0.1, 0.15) is 0 Å². The third kappa shape index (κ3) is 2.67. The Labute approximate surface area is 105 Å². The Kier molecular flexibility index (Phi) is 4.45. The second kappa shape index (κ2) is 5.68. The molecule has 2 rings (SSSR count). The zero-order chi connectivity index (χ0) is 12.2. The summed E-state index contributed by atoms with van der Waals surface area (Å²) in [6.45, 7) is 1.89. The molecule has 2 aliphatic rings. The highest BCUT2D eigenvalue weighted by atomic mass is 16.5. The van der Waals surface area contributed by atoms with Crippen LogP contribution in [0.1, 0.15) is 57.8 Å². The topological polar surface area (TPSA) is 55.5 Å². The molecule has 1 aliphatic carbocycles. The van der Waals surface area contributed by atoms with Crippen LogP contribution in [0.25, 0.3) is 0 Å². The van der Waals surface area contributed by atoms with Gasteiger partial charge in [-0.15, -0.1) is 0 Å². The Balaban J connectivity index is 2.14. The first-order valence-electron chi connectivity index (χ1n) is 7.23. The molecule has 0 spiro atoms. The smallest absolute Gasteiger partial charge is 0.0948 e. The van der Waals surface area contributed by atoms with Crippen LogP contribution in [-0.4, -0.2) is 30.5 Å². The highest BCUT2D eigenvalue weighted by molar-refractivity contribution is 5.01. The van der Waals surface area contributed by atoms with Crippen LogP contribution in [0.4, 0.5) is 0 Å². The van der Waals surface area contributed by atoms with Crippen molar-refractivity contribution < 1.29 is 9.84 Å². The molecule has 1 atom stereocenters. The lowest BCUT2D eigenvalue weighted by molar-refractivity contribution is -0.166. The van der Waals surface area contributed by atoms with Gasteiger partial charge in [0.2, 0.25) is 0 Å². The Morgan fingerprint density at radius 2 is 1.59 bits per heavy atom. The van der Waals surface area contributed by atoms with Gasteiger partial charge < -0.3 is 15.6 Å². The van der Waals surface area contributed by atoms with Crippen LogP contribution in [0, 0.1) is 5.41 Å². The van der Waals surface area contributed by atoms with Crippen molar-refractivity contribution >= 4 is 0 Å². The van der Waals surface area contributed by atoms with E-state index >= 15 is 0 Å². The molecular formula is C14H27NO2. The monoisotopic (exact) mass is 241 g/mol. The molecule has 0 radical (unpaired) electrons. The maximum absolute atomic E-state index is 11.0. The van der Waals surface area contributed by atoms with Crippen molar-refractivity contribution in [2.24, 2.45) is 11.1 Å². The van der Waals surface area contributed by atoms with Crippen LogP contribution in [0.5, 0.6) is 0 Å². The van der Waals surface area contributed by atoms with E-state index in [9.17, 15) is 5.11 Å². The lowest BCUT2D eigenvalue weighted by Gasteiger charge is -2.49. The van der Waals surface area contributed by atoms with Crippen molar-refractivity contribution in [1.29, 1.82) is 0 Å². The summed E-state index contributed by atoms with van der Waals surface area (Å²) in [5, 5.41) is 11.0. The lowest BCUT2D eigenvalue weighted by Crippen LogP contribution is -2.57. The maximum atomic E-state index is 11.0. The van der Waals surface area contributed by atoms with E-state index in [4.69, 9.17) is 10.5 Å². The average molecular weight is 241 g/mol. The highest BCUT2D eigenvalue weighted by Gasteiger charge is 2.49. The van der Waals surface area contributed by atoms with E-state index < -0.39 is 5.60 Å². The van der Waals surface area contributed by atoms with Crippen LogP contribution < -0.4 is 5.73 Å². The molecule has 1 saturated heterocycles. The van der Waals surface area contributed by atoms with Crippen LogP contribution in [-0.2, 0) is 4.74 Å². The lowest BCUT2D eigenvalue weighted by atomic mass is 9.63. The maximum Gasteiger partial charge on any atom is 0.0948 e. The molecule has 3 nitrogen and oxygen atoms in total. The first-order chi connectivity index (χ1) is 8.22. The first-order valence-corrected chi connectivity index (χ1v) is 7.23. The van der Waals surface area contributed by atoms with Crippen LogP contribution in [0.15, 0.2) is 0 Å². The summed E-state index contributed by atoms with van der Waals surface area (Å²) in [5.74, 6) is 0. The SMILES string of the molecule is NCC1(C2(O)CCCOC2)CCCCCCC1. The molecule has 1 aliphatic heterocycles. The molecule has 17 heavy (non-hydrogen) atoms. The third-order valence-corrected chi connectivity index (χ3v) is 4.91. The molecule has 2 fully saturated rings. The quantitative estimate of drug-likeness (QED) is 0.779. The van der Waals surface area contributed by atoms with Gasteiger partial charge in [0.25, 0.3) is 0 Å². The fraction of sp³-hybridized carbons (Fsp3) is 1.00. The number of hydrogen-bond acceptors (Lipinski definition) is 3. The second-order valence-corrected chi connectivity index (χ2v) is 5.94. The van der Waals surface area contributed by atoms with Gasteiger partial charge in [-0.1, -0.05) is 32.1 Å². The summed E-state index contributed by atoms with van der Waals surface area (Å²) in [6, 6.07) is 0. The van der Waals surface area contributed by atoms with Gasteiger partial charge >= 0.3 is 0 Å². The Morgan fingerprint density at radius 3 is 2.12 bits per heavy atom. The van der Waals surface area contributed by atoms with Gasteiger partial charge in [-0.25, -0.2) is 0 Å². The molecule has 100 valence electrons.